The fraction of sp³-hybridized carbons (Fsp3) is 0.469. The highest BCUT2D eigenvalue weighted by molar-refractivity contribution is 7.92. The van der Waals surface area contributed by atoms with Crippen LogP contribution in [0.1, 0.15) is 57.0 Å². The zero-order valence-corrected chi connectivity index (χ0v) is 27.9. The molecule has 0 spiro atoms. The van der Waals surface area contributed by atoms with Crippen molar-refractivity contribution in [2.45, 2.75) is 63.7 Å². The number of likely N-dealkylation sites (N-methyl/N-ethyl adjacent to an activating group) is 1. The number of nitrogens with one attached hydrogen (secondary N) is 2. The zero-order valence-electron chi connectivity index (χ0n) is 26.4. The number of benzene rings is 2. The molecule has 0 amide bonds. The lowest BCUT2D eigenvalue weighted by molar-refractivity contribution is 0.0986. The van der Waals surface area contributed by atoms with E-state index >= 15 is 0 Å². The predicted octanol–water partition coefficient (Wildman–Crippen LogP) is 5.97. The van der Waals surface area contributed by atoms with E-state index in [1.807, 2.05) is 32.9 Å². The lowest BCUT2D eigenvalue weighted by Gasteiger charge is -2.32. The monoisotopic (exact) mass is 642 g/mol. The molecule has 0 saturated carbocycles. The third kappa shape index (κ3) is 8.26. The summed E-state index contributed by atoms with van der Waals surface area (Å²) in [5.41, 5.74) is 2.49. The Hall–Kier alpha value is -3.25. The molecule has 1 aliphatic heterocycles. The van der Waals surface area contributed by atoms with Crippen LogP contribution in [0, 0.1) is 0 Å². The largest absolute Gasteiger partial charge is 0.489 e. The predicted molar refractivity (Wildman–Crippen MR) is 177 cm³/mol. The number of hydrogen-bond acceptors (Lipinski definition) is 10. The maximum atomic E-state index is 13.1. The highest BCUT2D eigenvalue weighted by atomic mass is 35.5. The van der Waals surface area contributed by atoms with Crippen LogP contribution >= 0.6 is 11.6 Å². The molecule has 12 heteroatoms. The number of carbonyl (C=O) groups is 1. The summed E-state index contributed by atoms with van der Waals surface area (Å²) in [6.07, 6.45) is 2.42. The quantitative estimate of drug-likeness (QED) is 0.216. The molecular weight excluding hydrogens is 600 g/mol. The number of anilines is 4. The van der Waals surface area contributed by atoms with Crippen LogP contribution in [-0.2, 0) is 16.3 Å². The minimum absolute atomic E-state index is 0.0415. The number of sulfone groups is 1. The average Bonchev–Trinajstić information content (AvgIpc) is 2.99. The molecule has 238 valence electrons. The summed E-state index contributed by atoms with van der Waals surface area (Å²) >= 11 is 6.45. The van der Waals surface area contributed by atoms with Crippen LogP contribution in [0.2, 0.25) is 5.02 Å². The van der Waals surface area contributed by atoms with Gasteiger partial charge in [0, 0.05) is 44.7 Å². The van der Waals surface area contributed by atoms with E-state index in [0.717, 1.165) is 44.7 Å². The van der Waals surface area contributed by atoms with Crippen molar-refractivity contribution < 1.29 is 17.9 Å². The molecule has 1 aromatic heterocycles. The molecule has 0 bridgehead atoms. The van der Waals surface area contributed by atoms with Gasteiger partial charge < -0.3 is 25.2 Å². The van der Waals surface area contributed by atoms with Gasteiger partial charge in [0.15, 0.2) is 21.4 Å². The van der Waals surface area contributed by atoms with Gasteiger partial charge in [-0.05, 0) is 71.0 Å². The van der Waals surface area contributed by atoms with E-state index in [1.165, 1.54) is 6.20 Å². The second-order valence-corrected chi connectivity index (χ2v) is 14.5. The second-order valence-electron chi connectivity index (χ2n) is 11.6. The van der Waals surface area contributed by atoms with Crippen molar-refractivity contribution in [1.82, 2.24) is 19.8 Å². The number of para-hydroxylation sites is 1. The molecule has 0 aliphatic carbocycles. The third-order valence-electron chi connectivity index (χ3n) is 7.54. The van der Waals surface area contributed by atoms with E-state index in [-0.39, 0.29) is 33.6 Å². The lowest BCUT2D eigenvalue weighted by Crippen LogP contribution is -2.45. The van der Waals surface area contributed by atoms with Crippen LogP contribution in [-0.4, -0.2) is 85.1 Å². The number of piperazine rings is 1. The molecule has 4 rings (SSSR count). The van der Waals surface area contributed by atoms with Gasteiger partial charge in [-0.15, -0.1) is 0 Å². The van der Waals surface area contributed by atoms with Gasteiger partial charge in [-0.25, -0.2) is 13.4 Å². The smallest absolute Gasteiger partial charge is 0.229 e. The van der Waals surface area contributed by atoms with Crippen molar-refractivity contribution >= 4 is 50.4 Å². The molecule has 2 N–H and O–H groups in total. The van der Waals surface area contributed by atoms with Crippen molar-refractivity contribution in [3.8, 4) is 5.75 Å². The second kappa shape index (κ2) is 14.7. The number of hydrogen-bond donors (Lipinski definition) is 2. The number of ketones is 1. The van der Waals surface area contributed by atoms with E-state index < -0.39 is 15.1 Å². The summed E-state index contributed by atoms with van der Waals surface area (Å²) in [5.74, 6) is 1.06. The maximum absolute atomic E-state index is 13.1. The topological polar surface area (TPSA) is 117 Å². The Morgan fingerprint density at radius 1 is 1.05 bits per heavy atom. The van der Waals surface area contributed by atoms with Gasteiger partial charge in [-0.2, -0.15) is 4.98 Å². The molecule has 3 aromatic rings. The normalized spacial score (nSPS) is 14.7. The molecule has 44 heavy (non-hydrogen) atoms. The minimum Gasteiger partial charge on any atom is -0.489 e. The van der Waals surface area contributed by atoms with Gasteiger partial charge in [-0.1, -0.05) is 30.7 Å². The van der Waals surface area contributed by atoms with Crippen LogP contribution in [0.5, 0.6) is 5.75 Å². The van der Waals surface area contributed by atoms with Crippen LogP contribution < -0.4 is 15.4 Å². The maximum Gasteiger partial charge on any atom is 0.229 e. The van der Waals surface area contributed by atoms with E-state index in [0.29, 0.717) is 29.1 Å². The standard InChI is InChI=1S/C32H43ClN6O4S/c1-7-28(40)24-19-27(29(43-21(2)3)18-23(24)12-13-39-16-14-38(6)15-17-39)36-32-34-20-25(33)31(37-32)35-26-10-8-9-11-30(26)44(41,42)22(4)5/h8-11,18-22H,7,12-17H2,1-6H3,(H2,34,35,36,37). The van der Waals surface area contributed by atoms with Gasteiger partial charge in [0.2, 0.25) is 5.95 Å². The van der Waals surface area contributed by atoms with Gasteiger partial charge in [0.05, 0.1) is 33.8 Å². The molecule has 1 aliphatic rings. The Bertz CT molecular complexity index is 1570. The average molecular weight is 643 g/mol. The summed E-state index contributed by atoms with van der Waals surface area (Å²) < 4.78 is 32.2. The van der Waals surface area contributed by atoms with Crippen LogP contribution in [0.4, 0.5) is 23.1 Å². The fourth-order valence-electron chi connectivity index (χ4n) is 4.91. The summed E-state index contributed by atoms with van der Waals surface area (Å²) in [5, 5.41) is 5.91. The number of rotatable bonds is 13. The van der Waals surface area contributed by atoms with E-state index in [9.17, 15) is 13.2 Å². The van der Waals surface area contributed by atoms with Crippen LogP contribution in [0.3, 0.4) is 0 Å². The Morgan fingerprint density at radius 3 is 2.41 bits per heavy atom. The lowest BCUT2D eigenvalue weighted by atomic mass is 9.97. The first-order valence-corrected chi connectivity index (χ1v) is 17.0. The van der Waals surface area contributed by atoms with Crippen molar-refractivity contribution in [3.05, 3.63) is 58.7 Å². The number of Topliss-reactive ketones (excluding diaryl/α,β-unsaturated/α-hetero) is 1. The Morgan fingerprint density at radius 2 is 1.75 bits per heavy atom. The first-order valence-electron chi connectivity index (χ1n) is 15.1. The van der Waals surface area contributed by atoms with Gasteiger partial charge in [-0.3, -0.25) is 4.79 Å². The number of ether oxygens (including phenoxy) is 1. The fourth-order valence-corrected chi connectivity index (χ4v) is 6.25. The van der Waals surface area contributed by atoms with Gasteiger partial charge >= 0.3 is 0 Å². The molecule has 0 unspecified atom stereocenters. The van der Waals surface area contributed by atoms with Crippen LogP contribution in [0.25, 0.3) is 0 Å². The molecule has 0 radical (unpaired) electrons. The Kier molecular flexibility index (Phi) is 11.2. The molecule has 0 atom stereocenters. The number of halogens is 1. The Labute approximate surface area is 266 Å². The minimum atomic E-state index is -3.57. The van der Waals surface area contributed by atoms with Crippen molar-refractivity contribution in [2.75, 3.05) is 50.4 Å². The number of aromatic nitrogens is 2. The summed E-state index contributed by atoms with van der Waals surface area (Å²) in [7, 11) is -1.43. The first kappa shape index (κ1) is 33.6. The van der Waals surface area contributed by atoms with E-state index in [4.69, 9.17) is 16.3 Å². The molecular formula is C32H43ClN6O4S. The number of nitrogens with zero attached hydrogens (tertiary/aromatic N) is 4. The third-order valence-corrected chi connectivity index (χ3v) is 10.0. The Balaban J connectivity index is 1.66. The summed E-state index contributed by atoms with van der Waals surface area (Å²) in [6, 6.07) is 10.4. The van der Waals surface area contributed by atoms with Crippen LogP contribution in [0.15, 0.2) is 47.5 Å². The first-order chi connectivity index (χ1) is 20.9. The molecule has 10 nitrogen and oxygen atoms in total. The SMILES string of the molecule is CCC(=O)c1cc(Nc2ncc(Cl)c(Nc3ccccc3S(=O)(=O)C(C)C)n2)c(OC(C)C)cc1CCN1CCN(C)CC1. The summed E-state index contributed by atoms with van der Waals surface area (Å²) in [4.78, 5) is 26.9. The zero-order chi connectivity index (χ0) is 32.0. The van der Waals surface area contributed by atoms with Gasteiger partial charge in [0.1, 0.15) is 10.8 Å². The highest BCUT2D eigenvalue weighted by Crippen LogP contribution is 2.34. The summed E-state index contributed by atoms with van der Waals surface area (Å²) in [6.45, 7) is 13.9. The van der Waals surface area contributed by atoms with E-state index in [2.05, 4.69) is 37.4 Å². The van der Waals surface area contributed by atoms with E-state index in [1.54, 1.807) is 38.1 Å². The van der Waals surface area contributed by atoms with Gasteiger partial charge in [0.25, 0.3) is 0 Å². The highest BCUT2D eigenvalue weighted by Gasteiger charge is 2.24. The van der Waals surface area contributed by atoms with Crippen molar-refractivity contribution in [1.29, 1.82) is 0 Å². The number of carbonyl (C=O) groups excluding carboxylic acids is 1. The van der Waals surface area contributed by atoms with Crippen molar-refractivity contribution in [3.63, 3.8) is 0 Å². The molecule has 2 aromatic carbocycles. The molecule has 2 heterocycles. The molecule has 1 fully saturated rings. The molecule has 1 saturated heterocycles. The van der Waals surface area contributed by atoms with Crippen molar-refractivity contribution in [2.24, 2.45) is 0 Å².